The van der Waals surface area contributed by atoms with Crippen molar-refractivity contribution >= 4 is 23.0 Å². The summed E-state index contributed by atoms with van der Waals surface area (Å²) in [5.41, 5.74) is 4.34. The number of carbonyl (C=O) groups excluding carboxylic acids is 1. The molecule has 2 aromatic rings. The summed E-state index contributed by atoms with van der Waals surface area (Å²) in [6.07, 6.45) is 1.66. The number of carbonyl (C=O) groups is 1. The fourth-order valence-electron chi connectivity index (χ4n) is 2.75. The molecule has 0 radical (unpaired) electrons. The third-order valence-corrected chi connectivity index (χ3v) is 4.29. The minimum Gasteiger partial charge on any atom is -0.385 e. The van der Waals surface area contributed by atoms with Crippen molar-refractivity contribution in [3.8, 4) is 0 Å². The molecule has 0 atom stereocenters. The SMILES string of the molecule is CCN(CC)c1ccc(NC(=O)c2cc(NCC(C)C)ccn2)c(C)c1. The lowest BCUT2D eigenvalue weighted by molar-refractivity contribution is 0.102. The second kappa shape index (κ2) is 9.22. The summed E-state index contributed by atoms with van der Waals surface area (Å²) in [5.74, 6) is 0.337. The zero-order chi connectivity index (χ0) is 19.1. The molecular formula is C21H30N4O. The minimum atomic E-state index is -0.197. The smallest absolute Gasteiger partial charge is 0.274 e. The lowest BCUT2D eigenvalue weighted by Gasteiger charge is -2.22. The number of aromatic nitrogens is 1. The van der Waals surface area contributed by atoms with Crippen LogP contribution in [-0.2, 0) is 0 Å². The Bertz CT molecular complexity index is 739. The van der Waals surface area contributed by atoms with E-state index in [9.17, 15) is 4.79 Å². The third kappa shape index (κ3) is 5.22. The number of hydrogen-bond acceptors (Lipinski definition) is 4. The van der Waals surface area contributed by atoms with Gasteiger partial charge in [0.2, 0.25) is 0 Å². The highest BCUT2D eigenvalue weighted by Crippen LogP contribution is 2.23. The van der Waals surface area contributed by atoms with Crippen LogP contribution < -0.4 is 15.5 Å². The molecule has 0 saturated carbocycles. The topological polar surface area (TPSA) is 57.3 Å². The van der Waals surface area contributed by atoms with Crippen LogP contribution in [0, 0.1) is 12.8 Å². The maximum Gasteiger partial charge on any atom is 0.274 e. The standard InChI is InChI=1S/C21H30N4O/c1-6-25(7-2)18-8-9-19(16(5)12-18)24-21(26)20-13-17(10-11-22-20)23-14-15(3)4/h8-13,15H,6-7,14H2,1-5H3,(H,22,23)(H,24,26). The summed E-state index contributed by atoms with van der Waals surface area (Å²) in [4.78, 5) is 19.1. The van der Waals surface area contributed by atoms with Crippen molar-refractivity contribution < 1.29 is 4.79 Å². The largest absolute Gasteiger partial charge is 0.385 e. The molecule has 2 rings (SSSR count). The summed E-state index contributed by atoms with van der Waals surface area (Å²) >= 11 is 0. The Hall–Kier alpha value is -2.56. The molecule has 0 unspecified atom stereocenters. The molecule has 2 N–H and O–H groups in total. The van der Waals surface area contributed by atoms with E-state index < -0.39 is 0 Å². The summed E-state index contributed by atoms with van der Waals surface area (Å²) in [5, 5.41) is 6.29. The molecule has 26 heavy (non-hydrogen) atoms. The Morgan fingerprint density at radius 3 is 2.50 bits per heavy atom. The molecule has 1 aromatic heterocycles. The highest BCUT2D eigenvalue weighted by Gasteiger charge is 2.11. The maximum absolute atomic E-state index is 12.6. The van der Waals surface area contributed by atoms with Crippen LogP contribution in [0.5, 0.6) is 0 Å². The molecular weight excluding hydrogens is 324 g/mol. The molecule has 0 aliphatic rings. The first-order valence-corrected chi connectivity index (χ1v) is 9.31. The number of benzene rings is 1. The van der Waals surface area contributed by atoms with E-state index in [1.807, 2.05) is 25.1 Å². The molecule has 140 valence electrons. The van der Waals surface area contributed by atoms with Gasteiger partial charge in [0, 0.05) is 42.9 Å². The summed E-state index contributed by atoms with van der Waals surface area (Å²) in [7, 11) is 0. The van der Waals surface area contributed by atoms with Crippen molar-refractivity contribution in [2.24, 2.45) is 5.92 Å². The predicted molar refractivity (Wildman–Crippen MR) is 110 cm³/mol. The first kappa shape index (κ1) is 19.8. The lowest BCUT2D eigenvalue weighted by Crippen LogP contribution is -2.22. The number of aryl methyl sites for hydroxylation is 1. The fourth-order valence-corrected chi connectivity index (χ4v) is 2.75. The Morgan fingerprint density at radius 1 is 1.15 bits per heavy atom. The van der Waals surface area contributed by atoms with Crippen LogP contribution in [0.4, 0.5) is 17.1 Å². The molecule has 0 spiro atoms. The lowest BCUT2D eigenvalue weighted by atomic mass is 10.1. The highest BCUT2D eigenvalue weighted by molar-refractivity contribution is 6.03. The molecule has 0 aliphatic carbocycles. The van der Waals surface area contributed by atoms with Gasteiger partial charge < -0.3 is 15.5 Å². The fraction of sp³-hybridized carbons (Fsp3) is 0.429. The van der Waals surface area contributed by atoms with Gasteiger partial charge in [-0.2, -0.15) is 0 Å². The van der Waals surface area contributed by atoms with Crippen molar-refractivity contribution in [2.45, 2.75) is 34.6 Å². The molecule has 1 amide bonds. The van der Waals surface area contributed by atoms with Gasteiger partial charge in [0.15, 0.2) is 0 Å². The molecule has 0 fully saturated rings. The van der Waals surface area contributed by atoms with Crippen LogP contribution in [0.1, 0.15) is 43.7 Å². The van der Waals surface area contributed by atoms with Gasteiger partial charge in [-0.15, -0.1) is 0 Å². The Morgan fingerprint density at radius 2 is 1.88 bits per heavy atom. The van der Waals surface area contributed by atoms with Crippen LogP contribution >= 0.6 is 0 Å². The molecule has 0 aliphatic heterocycles. The normalized spacial score (nSPS) is 10.7. The van der Waals surface area contributed by atoms with E-state index in [0.717, 1.165) is 36.6 Å². The van der Waals surface area contributed by atoms with Crippen LogP contribution in [0.25, 0.3) is 0 Å². The van der Waals surface area contributed by atoms with Crippen molar-refractivity contribution in [3.63, 3.8) is 0 Å². The molecule has 5 heteroatoms. The monoisotopic (exact) mass is 354 g/mol. The maximum atomic E-state index is 12.6. The minimum absolute atomic E-state index is 0.197. The van der Waals surface area contributed by atoms with E-state index in [4.69, 9.17) is 0 Å². The number of hydrogen-bond donors (Lipinski definition) is 2. The Kier molecular flexibility index (Phi) is 7.01. The average Bonchev–Trinajstić information content (AvgIpc) is 2.63. The Balaban J connectivity index is 2.11. The molecule has 0 saturated heterocycles. The van der Waals surface area contributed by atoms with Gasteiger partial charge in [-0.05, 0) is 62.6 Å². The third-order valence-electron chi connectivity index (χ3n) is 4.29. The number of anilines is 3. The van der Waals surface area contributed by atoms with Crippen LogP contribution in [0.2, 0.25) is 0 Å². The van der Waals surface area contributed by atoms with Gasteiger partial charge in [-0.3, -0.25) is 9.78 Å². The van der Waals surface area contributed by atoms with Gasteiger partial charge in [0.25, 0.3) is 5.91 Å². The van der Waals surface area contributed by atoms with Crippen molar-refractivity contribution in [2.75, 3.05) is 35.2 Å². The summed E-state index contributed by atoms with van der Waals surface area (Å²) in [6, 6.07) is 9.78. The van der Waals surface area contributed by atoms with Crippen molar-refractivity contribution in [1.82, 2.24) is 4.98 Å². The first-order valence-electron chi connectivity index (χ1n) is 9.31. The van der Waals surface area contributed by atoms with Crippen molar-refractivity contribution in [1.29, 1.82) is 0 Å². The number of nitrogens with zero attached hydrogens (tertiary/aromatic N) is 2. The number of nitrogens with one attached hydrogen (secondary N) is 2. The highest BCUT2D eigenvalue weighted by atomic mass is 16.1. The van der Waals surface area contributed by atoms with Crippen LogP contribution in [-0.4, -0.2) is 30.5 Å². The summed E-state index contributed by atoms with van der Waals surface area (Å²) < 4.78 is 0. The number of rotatable bonds is 8. The molecule has 1 heterocycles. The second-order valence-corrected chi connectivity index (χ2v) is 6.83. The molecule has 0 bridgehead atoms. The van der Waals surface area contributed by atoms with E-state index in [1.54, 1.807) is 12.3 Å². The second-order valence-electron chi connectivity index (χ2n) is 6.83. The van der Waals surface area contributed by atoms with Gasteiger partial charge in [0.05, 0.1) is 0 Å². The van der Waals surface area contributed by atoms with Gasteiger partial charge in [-0.25, -0.2) is 0 Å². The zero-order valence-electron chi connectivity index (χ0n) is 16.5. The van der Waals surface area contributed by atoms with Crippen LogP contribution in [0.3, 0.4) is 0 Å². The van der Waals surface area contributed by atoms with Gasteiger partial charge >= 0.3 is 0 Å². The summed E-state index contributed by atoms with van der Waals surface area (Å²) in [6.45, 7) is 13.4. The predicted octanol–water partition coefficient (Wildman–Crippen LogP) is 4.56. The van der Waals surface area contributed by atoms with E-state index in [0.29, 0.717) is 11.6 Å². The van der Waals surface area contributed by atoms with E-state index >= 15 is 0 Å². The number of pyridine rings is 1. The van der Waals surface area contributed by atoms with E-state index in [-0.39, 0.29) is 5.91 Å². The zero-order valence-corrected chi connectivity index (χ0v) is 16.5. The molecule has 1 aromatic carbocycles. The van der Waals surface area contributed by atoms with Crippen molar-refractivity contribution in [3.05, 3.63) is 47.8 Å². The van der Waals surface area contributed by atoms with Crippen LogP contribution in [0.15, 0.2) is 36.5 Å². The average molecular weight is 354 g/mol. The van der Waals surface area contributed by atoms with Gasteiger partial charge in [-0.1, -0.05) is 13.8 Å². The molecule has 5 nitrogen and oxygen atoms in total. The first-order chi connectivity index (χ1) is 12.4. The van der Waals surface area contributed by atoms with E-state index in [1.165, 1.54) is 5.69 Å². The number of amides is 1. The van der Waals surface area contributed by atoms with E-state index in [2.05, 4.69) is 54.3 Å². The van der Waals surface area contributed by atoms with Gasteiger partial charge in [0.1, 0.15) is 5.69 Å². The quantitative estimate of drug-likeness (QED) is 0.730. The Labute approximate surface area is 156 Å².